The van der Waals surface area contributed by atoms with Crippen LogP contribution in [-0.2, 0) is 24.4 Å². The van der Waals surface area contributed by atoms with Crippen LogP contribution < -0.4 is 0 Å². The van der Waals surface area contributed by atoms with Crippen LogP contribution >= 0.6 is 0 Å². The van der Waals surface area contributed by atoms with E-state index in [1.807, 2.05) is 0 Å². The molecule has 0 aliphatic heterocycles. The summed E-state index contributed by atoms with van der Waals surface area (Å²) in [5, 5.41) is 1.65. The largest absolute Gasteiger partial charge is 1.00 e. The van der Waals surface area contributed by atoms with E-state index in [1.165, 1.54) is 33.4 Å². The van der Waals surface area contributed by atoms with Crippen molar-refractivity contribution in [1.82, 2.24) is 0 Å². The summed E-state index contributed by atoms with van der Waals surface area (Å²) < 4.78 is 1.59. The van der Waals surface area contributed by atoms with Crippen LogP contribution in [-0.4, -0.2) is 13.6 Å². The summed E-state index contributed by atoms with van der Waals surface area (Å²) in [6.07, 6.45) is 7.13. The van der Waals surface area contributed by atoms with Gasteiger partial charge in [-0.25, -0.2) is 0 Å². The van der Waals surface area contributed by atoms with E-state index in [4.69, 9.17) is 0 Å². The molecule has 3 aliphatic carbocycles. The fourth-order valence-electron chi connectivity index (χ4n) is 5.44. The zero-order valence-electron chi connectivity index (χ0n) is 19.5. The molecule has 0 N–H and O–H groups in total. The van der Waals surface area contributed by atoms with Gasteiger partial charge in [0.25, 0.3) is 0 Å². The summed E-state index contributed by atoms with van der Waals surface area (Å²) in [6, 6.07) is 18.1. The number of fused-ring (bicyclic) bond motifs is 4. The maximum absolute atomic E-state index is 2.45. The Morgan fingerprint density at radius 3 is 2.07 bits per heavy atom. The van der Waals surface area contributed by atoms with Gasteiger partial charge in [0.2, 0.25) is 0 Å². The van der Waals surface area contributed by atoms with Crippen molar-refractivity contribution < 1.29 is 27.2 Å². The van der Waals surface area contributed by atoms with E-state index in [-0.39, 0.29) is 2.85 Å². The molecule has 0 heterocycles. The quantitative estimate of drug-likeness (QED) is 0.338. The first kappa shape index (κ1) is 19.3. The second-order valence-electron chi connectivity index (χ2n) is 8.55. The maximum Gasteiger partial charge on any atom is -1.00 e. The van der Waals surface area contributed by atoms with Gasteiger partial charge in [-0.15, -0.1) is 0 Å². The number of allylic oxidation sites excluding steroid dienone is 8. The predicted molar refractivity (Wildman–Crippen MR) is 125 cm³/mol. The molecule has 143 valence electrons. The molecule has 0 saturated carbocycles. The molecular formula is C27H27HfSi. The van der Waals surface area contributed by atoms with Crippen LogP contribution in [0, 0.1) is 5.92 Å². The Morgan fingerprint density at radius 2 is 1.48 bits per heavy atom. The Balaban J connectivity index is 0.00000136. The van der Waals surface area contributed by atoms with E-state index >= 15 is 0 Å². The first-order valence-corrected chi connectivity index (χ1v) is 14.7. The molecule has 2 heteroatoms. The Labute approximate surface area is 193 Å². The molecule has 5 rings (SSSR count). The average Bonchev–Trinajstić information content (AvgIpc) is 3.09. The zero-order chi connectivity index (χ0) is 20.3. The summed E-state index contributed by atoms with van der Waals surface area (Å²) in [5.41, 5.74) is 12.1. The van der Waals surface area contributed by atoms with Crippen LogP contribution in [0.25, 0.3) is 11.1 Å². The molecule has 0 amide bonds. The third kappa shape index (κ3) is 2.83. The number of rotatable bonds is 1. The molecule has 0 nitrogen and oxygen atoms in total. The van der Waals surface area contributed by atoms with Crippen molar-refractivity contribution in [2.45, 2.75) is 32.9 Å². The monoisotopic (exact) mass is 559 g/mol. The van der Waals surface area contributed by atoms with E-state index in [0.717, 1.165) is 24.4 Å². The predicted octanol–water partition coefficient (Wildman–Crippen LogP) is 6.80. The Kier molecular flexibility index (Phi) is 4.83. The number of benzene rings is 2. The molecule has 29 heavy (non-hydrogen) atoms. The van der Waals surface area contributed by atoms with E-state index in [1.54, 1.807) is 19.6 Å². The van der Waals surface area contributed by atoms with Gasteiger partial charge in [-0.3, -0.25) is 0 Å². The third-order valence-corrected chi connectivity index (χ3v) is 10.8. The molecule has 1 atom stereocenters. The first-order chi connectivity index (χ1) is 14.0. The van der Waals surface area contributed by atoms with Crippen LogP contribution in [0.1, 0.15) is 33.7 Å². The molecule has 1 unspecified atom stereocenters. The molecule has 3 aliphatic rings. The molecule has 0 spiro atoms. The van der Waals surface area contributed by atoms with Crippen molar-refractivity contribution in [1.29, 1.82) is 0 Å². The maximum atomic E-state index is 2.45. The molecule has 0 bridgehead atoms. The van der Waals surface area contributed by atoms with Gasteiger partial charge >= 0.3 is 191 Å². The zero-order valence-corrected chi connectivity index (χ0v) is 22.1. The smallest absolute Gasteiger partial charge is 1.00 e. The van der Waals surface area contributed by atoms with Crippen LogP contribution in [0.5, 0.6) is 0 Å². The Bertz CT molecular complexity index is 1160. The molecule has 0 saturated heterocycles. The third-order valence-electron chi connectivity index (χ3n) is 6.77. The standard InChI is InChI=1S/C27H25Si.Hf.2H/c1-17-16-19-10-9-15-24(28(3)4)18(2)26(19)25(17)27-22-13-7-5-11-20(22)21-12-6-8-14-23(21)27;;;/h5-15,18,27H,1-4H3;;;/q;+2;2*-1. The normalized spacial score (nSPS) is 20.6. The molecule has 2 aromatic carbocycles. The number of hydrogen-bond acceptors (Lipinski definition) is 0. The topological polar surface area (TPSA) is 0 Å². The molecule has 2 aromatic rings. The average molecular weight is 558 g/mol. The second-order valence-corrected chi connectivity index (χ2v) is 12.9. The Hall–Kier alpha value is -1.64. The van der Waals surface area contributed by atoms with Crippen LogP contribution in [0.15, 0.2) is 92.4 Å². The molecule has 0 aromatic heterocycles. The van der Waals surface area contributed by atoms with E-state index in [9.17, 15) is 0 Å². The summed E-state index contributed by atoms with van der Waals surface area (Å²) in [7, 11) is -0.490. The van der Waals surface area contributed by atoms with Gasteiger partial charge in [-0.2, -0.15) is 0 Å². The van der Waals surface area contributed by atoms with Gasteiger partial charge in [-0.1, -0.05) is 0 Å². The summed E-state index contributed by atoms with van der Waals surface area (Å²) in [4.78, 5) is 0. The number of hydrogen-bond donors (Lipinski definition) is 0. The second kappa shape index (κ2) is 7.25. The minimum absolute atomic E-state index is 0. The van der Waals surface area contributed by atoms with E-state index < -0.39 is 8.41 Å². The van der Waals surface area contributed by atoms with Gasteiger partial charge in [0.1, 0.15) is 0 Å². The van der Waals surface area contributed by atoms with Gasteiger partial charge in [0.15, 0.2) is 0 Å². The summed E-state index contributed by atoms with van der Waals surface area (Å²) in [6.45, 7) is 9.70. The van der Waals surface area contributed by atoms with Gasteiger partial charge in [-0.05, 0) is 0 Å². The van der Waals surface area contributed by atoms with Gasteiger partial charge in [0.05, 0.1) is 0 Å². The van der Waals surface area contributed by atoms with E-state index in [0.29, 0.717) is 11.8 Å². The van der Waals surface area contributed by atoms with Gasteiger partial charge in [0, 0.05) is 0 Å². The van der Waals surface area contributed by atoms with Crippen molar-refractivity contribution in [3.8, 4) is 11.1 Å². The summed E-state index contributed by atoms with van der Waals surface area (Å²) >= 11 is 1.09. The first-order valence-electron chi connectivity index (χ1n) is 10.4. The fourth-order valence-corrected chi connectivity index (χ4v) is 8.15. The van der Waals surface area contributed by atoms with Crippen molar-refractivity contribution >= 4 is 13.6 Å². The van der Waals surface area contributed by atoms with Crippen LogP contribution in [0.2, 0.25) is 13.1 Å². The minimum atomic E-state index is -0.490. The van der Waals surface area contributed by atoms with Crippen LogP contribution in [0.4, 0.5) is 0 Å². The summed E-state index contributed by atoms with van der Waals surface area (Å²) in [5.74, 6) is 0.860. The van der Waals surface area contributed by atoms with Crippen molar-refractivity contribution in [3.63, 3.8) is 0 Å². The molecule has 0 radical (unpaired) electrons. The van der Waals surface area contributed by atoms with Crippen LogP contribution in [0.3, 0.4) is 0 Å². The van der Waals surface area contributed by atoms with Crippen molar-refractivity contribution in [2.75, 3.05) is 0 Å². The molecule has 0 fully saturated rings. The van der Waals surface area contributed by atoms with Crippen molar-refractivity contribution in [3.05, 3.63) is 104 Å². The minimum Gasteiger partial charge on any atom is -1.00 e. The fraction of sp³-hybridized carbons (Fsp3) is 0.222. The van der Waals surface area contributed by atoms with E-state index in [2.05, 4.69) is 93.7 Å². The molecular weight excluding hydrogens is 531 g/mol. The Morgan fingerprint density at radius 1 is 0.897 bits per heavy atom. The SMILES string of the molecule is CC1=[C]([Hf+2])C2=CC=CC(=[Si](C)C)C(C)C2=C1C1c2ccccc2-c2ccccc21.[H-].[H-]. The van der Waals surface area contributed by atoms with Gasteiger partial charge < -0.3 is 2.85 Å². The van der Waals surface area contributed by atoms with Crippen molar-refractivity contribution in [2.24, 2.45) is 5.92 Å².